The van der Waals surface area contributed by atoms with Gasteiger partial charge < -0.3 is 11.5 Å². The molecule has 0 aliphatic carbocycles. The van der Waals surface area contributed by atoms with Gasteiger partial charge in [-0.1, -0.05) is 18.2 Å². The van der Waals surface area contributed by atoms with Gasteiger partial charge in [0.1, 0.15) is 12.1 Å². The molecule has 1 aromatic heterocycles. The van der Waals surface area contributed by atoms with Crippen LogP contribution < -0.4 is 11.5 Å². The van der Waals surface area contributed by atoms with E-state index in [2.05, 4.69) is 4.98 Å². The van der Waals surface area contributed by atoms with E-state index in [1.807, 2.05) is 34.9 Å². The number of nitrogens with two attached hydrogens (primary N) is 2. The fraction of sp³-hybridized carbons (Fsp3) is 0.100. The van der Waals surface area contributed by atoms with Crippen molar-refractivity contribution in [3.8, 4) is 5.69 Å². The highest BCUT2D eigenvalue weighted by molar-refractivity contribution is 5.45. The first kappa shape index (κ1) is 8.77. The van der Waals surface area contributed by atoms with E-state index in [1.165, 1.54) is 0 Å². The summed E-state index contributed by atoms with van der Waals surface area (Å²) >= 11 is 0. The number of benzene rings is 1. The summed E-state index contributed by atoms with van der Waals surface area (Å²) in [4.78, 5) is 4.12. The van der Waals surface area contributed by atoms with Crippen molar-refractivity contribution in [3.63, 3.8) is 0 Å². The molecule has 0 amide bonds. The second-order valence-electron chi connectivity index (χ2n) is 2.99. The number of para-hydroxylation sites is 1. The van der Waals surface area contributed by atoms with E-state index in [1.54, 1.807) is 6.33 Å². The lowest BCUT2D eigenvalue weighted by Gasteiger charge is -2.04. The second kappa shape index (κ2) is 3.51. The lowest BCUT2D eigenvalue weighted by molar-refractivity contribution is 1.02. The number of nitrogens with zero attached hydrogens (tertiary/aromatic N) is 2. The van der Waals surface area contributed by atoms with Crippen LogP contribution in [0, 0.1) is 0 Å². The highest BCUT2D eigenvalue weighted by Crippen LogP contribution is 2.15. The van der Waals surface area contributed by atoms with Crippen molar-refractivity contribution >= 4 is 5.82 Å². The summed E-state index contributed by atoms with van der Waals surface area (Å²) in [5, 5.41) is 0. The molecule has 0 fully saturated rings. The van der Waals surface area contributed by atoms with Crippen LogP contribution in [0.15, 0.2) is 36.7 Å². The normalized spacial score (nSPS) is 10.4. The molecule has 0 saturated carbocycles. The number of hydrogen-bond donors (Lipinski definition) is 2. The highest BCUT2D eigenvalue weighted by atomic mass is 15.1. The Morgan fingerprint density at radius 3 is 2.50 bits per heavy atom. The summed E-state index contributed by atoms with van der Waals surface area (Å²) in [6.45, 7) is 0.367. The Labute approximate surface area is 82.2 Å². The summed E-state index contributed by atoms with van der Waals surface area (Å²) in [7, 11) is 0. The number of hydrogen-bond acceptors (Lipinski definition) is 3. The maximum atomic E-state index is 5.87. The van der Waals surface area contributed by atoms with Gasteiger partial charge in [-0.15, -0.1) is 0 Å². The van der Waals surface area contributed by atoms with Crippen molar-refractivity contribution in [1.82, 2.24) is 9.55 Å². The maximum absolute atomic E-state index is 5.87. The molecule has 72 valence electrons. The predicted molar refractivity (Wildman–Crippen MR) is 55.9 cm³/mol. The van der Waals surface area contributed by atoms with Gasteiger partial charge in [-0.2, -0.15) is 0 Å². The zero-order chi connectivity index (χ0) is 9.97. The standard InChI is InChI=1S/C10H12N4/c11-6-9-10(12)14(7-13-9)8-4-2-1-3-5-8/h1-5,7H,6,11-12H2. The van der Waals surface area contributed by atoms with Crippen LogP contribution in [0.25, 0.3) is 5.69 Å². The Morgan fingerprint density at radius 1 is 1.21 bits per heavy atom. The lowest BCUT2D eigenvalue weighted by atomic mass is 10.3. The zero-order valence-corrected chi connectivity index (χ0v) is 7.72. The van der Waals surface area contributed by atoms with E-state index in [-0.39, 0.29) is 0 Å². The topological polar surface area (TPSA) is 69.9 Å². The van der Waals surface area contributed by atoms with Crippen LogP contribution in [0.1, 0.15) is 5.69 Å². The molecule has 1 heterocycles. The van der Waals surface area contributed by atoms with Crippen LogP contribution >= 0.6 is 0 Å². The van der Waals surface area contributed by atoms with Crippen LogP contribution in [-0.2, 0) is 6.54 Å². The Morgan fingerprint density at radius 2 is 1.93 bits per heavy atom. The third-order valence-electron chi connectivity index (χ3n) is 2.11. The number of aromatic nitrogens is 2. The van der Waals surface area contributed by atoms with Crippen LogP contribution in [0.3, 0.4) is 0 Å². The van der Waals surface area contributed by atoms with E-state index < -0.39 is 0 Å². The SMILES string of the molecule is NCc1ncn(-c2ccccc2)c1N. The predicted octanol–water partition coefficient (Wildman–Crippen LogP) is 0.913. The highest BCUT2D eigenvalue weighted by Gasteiger charge is 2.06. The molecule has 2 aromatic rings. The summed E-state index contributed by atoms with van der Waals surface area (Å²) in [5.74, 6) is 0.610. The van der Waals surface area contributed by atoms with Crippen LogP contribution in [0.4, 0.5) is 5.82 Å². The Bertz CT molecular complexity index is 419. The van der Waals surface area contributed by atoms with Gasteiger partial charge >= 0.3 is 0 Å². The molecule has 0 aliphatic rings. The van der Waals surface area contributed by atoms with Crippen LogP contribution in [-0.4, -0.2) is 9.55 Å². The Hall–Kier alpha value is -1.81. The summed E-state index contributed by atoms with van der Waals surface area (Å²) in [6.07, 6.45) is 1.69. The fourth-order valence-corrected chi connectivity index (χ4v) is 1.35. The molecule has 4 nitrogen and oxygen atoms in total. The molecule has 1 aromatic carbocycles. The molecule has 0 bridgehead atoms. The molecule has 4 N–H and O–H groups in total. The quantitative estimate of drug-likeness (QED) is 0.736. The first-order valence-electron chi connectivity index (χ1n) is 4.40. The molecule has 14 heavy (non-hydrogen) atoms. The van der Waals surface area contributed by atoms with Crippen LogP contribution in [0.2, 0.25) is 0 Å². The number of imidazole rings is 1. The van der Waals surface area contributed by atoms with Crippen molar-refractivity contribution in [2.75, 3.05) is 5.73 Å². The van der Waals surface area contributed by atoms with E-state index in [4.69, 9.17) is 11.5 Å². The Balaban J connectivity index is 2.48. The third-order valence-corrected chi connectivity index (χ3v) is 2.11. The third kappa shape index (κ3) is 1.36. The van der Waals surface area contributed by atoms with Crippen molar-refractivity contribution in [1.29, 1.82) is 0 Å². The van der Waals surface area contributed by atoms with Crippen molar-refractivity contribution in [2.45, 2.75) is 6.54 Å². The van der Waals surface area contributed by atoms with Crippen molar-refractivity contribution < 1.29 is 0 Å². The minimum Gasteiger partial charge on any atom is -0.383 e. The first-order chi connectivity index (χ1) is 6.83. The van der Waals surface area contributed by atoms with Gasteiger partial charge in [0.05, 0.1) is 5.69 Å². The monoisotopic (exact) mass is 188 g/mol. The molecule has 0 aliphatic heterocycles. The van der Waals surface area contributed by atoms with Gasteiger partial charge in [0, 0.05) is 12.2 Å². The Kier molecular flexibility index (Phi) is 2.20. The van der Waals surface area contributed by atoms with Gasteiger partial charge in [0.15, 0.2) is 0 Å². The number of nitrogen functional groups attached to an aromatic ring is 1. The lowest BCUT2D eigenvalue weighted by Crippen LogP contribution is -2.04. The second-order valence-corrected chi connectivity index (χ2v) is 2.99. The number of rotatable bonds is 2. The minimum atomic E-state index is 0.367. The van der Waals surface area contributed by atoms with Gasteiger partial charge in [-0.25, -0.2) is 4.98 Å². The minimum absolute atomic E-state index is 0.367. The molecule has 2 rings (SSSR count). The fourth-order valence-electron chi connectivity index (χ4n) is 1.35. The van der Waals surface area contributed by atoms with E-state index in [9.17, 15) is 0 Å². The molecule has 0 radical (unpaired) electrons. The average molecular weight is 188 g/mol. The molecular weight excluding hydrogens is 176 g/mol. The summed E-state index contributed by atoms with van der Waals surface area (Å²) in [6, 6.07) is 9.81. The van der Waals surface area contributed by atoms with Crippen LogP contribution in [0.5, 0.6) is 0 Å². The number of anilines is 1. The van der Waals surface area contributed by atoms with Crippen molar-refractivity contribution in [2.24, 2.45) is 5.73 Å². The van der Waals surface area contributed by atoms with E-state index in [0.29, 0.717) is 12.4 Å². The molecule has 0 unspecified atom stereocenters. The largest absolute Gasteiger partial charge is 0.383 e. The summed E-state index contributed by atoms with van der Waals surface area (Å²) < 4.78 is 1.82. The first-order valence-corrected chi connectivity index (χ1v) is 4.40. The molecule has 4 heteroatoms. The smallest absolute Gasteiger partial charge is 0.132 e. The van der Waals surface area contributed by atoms with Gasteiger partial charge in [-0.05, 0) is 12.1 Å². The molecular formula is C10H12N4. The maximum Gasteiger partial charge on any atom is 0.132 e. The zero-order valence-electron chi connectivity index (χ0n) is 7.72. The molecule has 0 spiro atoms. The molecule has 0 saturated heterocycles. The van der Waals surface area contributed by atoms with E-state index in [0.717, 1.165) is 11.4 Å². The molecule has 0 atom stereocenters. The summed E-state index contributed by atoms with van der Waals surface area (Å²) in [5.41, 5.74) is 13.1. The van der Waals surface area contributed by atoms with Crippen molar-refractivity contribution in [3.05, 3.63) is 42.4 Å². The van der Waals surface area contributed by atoms with Gasteiger partial charge in [0.25, 0.3) is 0 Å². The van der Waals surface area contributed by atoms with Gasteiger partial charge in [0.2, 0.25) is 0 Å². The van der Waals surface area contributed by atoms with Gasteiger partial charge in [-0.3, -0.25) is 4.57 Å². The van der Waals surface area contributed by atoms with E-state index >= 15 is 0 Å². The average Bonchev–Trinajstić information content (AvgIpc) is 2.61.